The summed E-state index contributed by atoms with van der Waals surface area (Å²) >= 11 is 0. The first kappa shape index (κ1) is 20.7. The van der Waals surface area contributed by atoms with Gasteiger partial charge in [0.1, 0.15) is 5.82 Å². The van der Waals surface area contributed by atoms with Crippen molar-refractivity contribution in [2.75, 3.05) is 26.2 Å². The Bertz CT molecular complexity index is 1120. The highest BCUT2D eigenvalue weighted by molar-refractivity contribution is 5.77. The summed E-state index contributed by atoms with van der Waals surface area (Å²) in [5.74, 6) is 3.04. The SMILES string of the molecule is O=C(N1CC(c2ccc(C3(C(F)(F)F)CC3)cn2)C1)N1CC2(CC(c3n[nH]c(C4CC4)n3)C2)C1. The molecule has 7 rings (SSSR count). The average Bonchev–Trinajstić information content (AvgIpc) is 3.63. The van der Waals surface area contributed by atoms with E-state index >= 15 is 0 Å². The molecule has 2 aromatic rings. The van der Waals surface area contributed by atoms with Crippen molar-refractivity contribution in [1.82, 2.24) is 30.0 Å². The normalized spacial score (nSPS) is 25.6. The summed E-state index contributed by atoms with van der Waals surface area (Å²) in [6, 6.07) is 3.34. The third kappa shape index (κ3) is 3.09. The van der Waals surface area contributed by atoms with Crippen LogP contribution in [0.3, 0.4) is 0 Å². The molecule has 3 saturated carbocycles. The Morgan fingerprint density at radius 1 is 1.03 bits per heavy atom. The second-order valence-corrected chi connectivity index (χ2v) is 11.3. The van der Waals surface area contributed by atoms with E-state index in [4.69, 9.17) is 0 Å². The smallest absolute Gasteiger partial charge is 0.323 e. The lowest BCUT2D eigenvalue weighted by molar-refractivity contribution is -0.160. The summed E-state index contributed by atoms with van der Waals surface area (Å²) in [7, 11) is 0. The maximum atomic E-state index is 13.3. The summed E-state index contributed by atoms with van der Waals surface area (Å²) in [5.41, 5.74) is -0.445. The molecular formula is C24H27F3N6O. The molecule has 5 fully saturated rings. The van der Waals surface area contributed by atoms with Gasteiger partial charge < -0.3 is 9.80 Å². The van der Waals surface area contributed by atoms with Gasteiger partial charge >= 0.3 is 12.2 Å². The van der Waals surface area contributed by atoms with Gasteiger partial charge in [-0.25, -0.2) is 9.78 Å². The second kappa shape index (κ2) is 6.73. The van der Waals surface area contributed by atoms with Gasteiger partial charge in [0.15, 0.2) is 5.82 Å². The molecule has 0 radical (unpaired) electrons. The van der Waals surface area contributed by atoms with Crippen LogP contribution < -0.4 is 0 Å². The number of rotatable bonds is 4. The van der Waals surface area contributed by atoms with Gasteiger partial charge in [-0.3, -0.25) is 10.1 Å². The first-order valence-corrected chi connectivity index (χ1v) is 12.2. The molecule has 0 bridgehead atoms. The first-order chi connectivity index (χ1) is 16.3. The predicted molar refractivity (Wildman–Crippen MR) is 115 cm³/mol. The standard InChI is InChI=1S/C24H27F3N6O/c25-24(26,27)23(5-6-23)17-3-4-18(28-9-17)16-10-32(11-16)21(34)33-12-22(13-33)7-15(8-22)20-29-19(30-31-20)14-1-2-14/h3-4,9,14-16H,1-2,5-8,10-13H2,(H,29,30,31). The monoisotopic (exact) mass is 472 g/mol. The van der Waals surface area contributed by atoms with Crippen LogP contribution >= 0.6 is 0 Å². The number of hydrogen-bond acceptors (Lipinski definition) is 4. The van der Waals surface area contributed by atoms with E-state index in [1.54, 1.807) is 12.1 Å². The zero-order valence-electron chi connectivity index (χ0n) is 18.8. The maximum absolute atomic E-state index is 13.3. The molecule has 34 heavy (non-hydrogen) atoms. The molecule has 7 nitrogen and oxygen atoms in total. The van der Waals surface area contributed by atoms with E-state index in [2.05, 4.69) is 20.2 Å². The van der Waals surface area contributed by atoms with Crippen molar-refractivity contribution in [2.45, 2.75) is 67.9 Å². The fourth-order valence-electron chi connectivity index (χ4n) is 6.15. The van der Waals surface area contributed by atoms with Crippen molar-refractivity contribution in [1.29, 1.82) is 0 Å². The van der Waals surface area contributed by atoms with E-state index in [1.165, 1.54) is 19.0 Å². The van der Waals surface area contributed by atoms with Gasteiger partial charge in [0.05, 0.1) is 5.41 Å². The number of urea groups is 1. The van der Waals surface area contributed by atoms with Crippen LogP contribution in [-0.4, -0.2) is 68.4 Å². The number of amides is 2. The van der Waals surface area contributed by atoms with Crippen LogP contribution in [0.15, 0.2) is 18.3 Å². The number of nitrogens with one attached hydrogen (secondary N) is 1. The van der Waals surface area contributed by atoms with Crippen LogP contribution in [-0.2, 0) is 5.41 Å². The van der Waals surface area contributed by atoms with Gasteiger partial charge in [-0.05, 0) is 50.2 Å². The van der Waals surface area contributed by atoms with Crippen molar-refractivity contribution in [3.8, 4) is 0 Å². The van der Waals surface area contributed by atoms with Gasteiger partial charge in [0.2, 0.25) is 0 Å². The van der Waals surface area contributed by atoms with Crippen LogP contribution in [0, 0.1) is 5.41 Å². The van der Waals surface area contributed by atoms with E-state index in [0.717, 1.165) is 43.3 Å². The molecule has 2 amide bonds. The van der Waals surface area contributed by atoms with E-state index in [1.807, 2.05) is 9.80 Å². The van der Waals surface area contributed by atoms with Crippen molar-refractivity contribution >= 4 is 6.03 Å². The quantitative estimate of drug-likeness (QED) is 0.728. The number of H-pyrrole nitrogens is 1. The molecule has 3 aliphatic carbocycles. The fraction of sp³-hybridized carbons (Fsp3) is 0.667. The number of nitrogens with zero attached hydrogens (tertiary/aromatic N) is 5. The first-order valence-electron chi connectivity index (χ1n) is 12.2. The van der Waals surface area contributed by atoms with Crippen LogP contribution in [0.2, 0.25) is 0 Å². The molecule has 4 heterocycles. The molecule has 0 aromatic carbocycles. The van der Waals surface area contributed by atoms with Crippen LogP contribution in [0.5, 0.6) is 0 Å². The predicted octanol–water partition coefficient (Wildman–Crippen LogP) is 4.07. The molecule has 180 valence electrons. The molecule has 1 spiro atoms. The Morgan fingerprint density at radius 3 is 2.35 bits per heavy atom. The van der Waals surface area contributed by atoms with Crippen LogP contribution in [0.4, 0.5) is 18.0 Å². The van der Waals surface area contributed by atoms with Crippen LogP contribution in [0.1, 0.15) is 79.2 Å². The second-order valence-electron chi connectivity index (χ2n) is 11.3. The lowest BCUT2D eigenvalue weighted by Gasteiger charge is -2.59. The minimum absolute atomic E-state index is 0.0601. The van der Waals surface area contributed by atoms with Crippen molar-refractivity contribution in [3.63, 3.8) is 0 Å². The van der Waals surface area contributed by atoms with Gasteiger partial charge in [0.25, 0.3) is 0 Å². The number of halogens is 3. The van der Waals surface area contributed by atoms with E-state index < -0.39 is 11.6 Å². The summed E-state index contributed by atoms with van der Waals surface area (Å²) in [4.78, 5) is 25.6. The number of carbonyl (C=O) groups excluding carboxylic acids is 1. The Kier molecular flexibility index (Phi) is 4.09. The topological polar surface area (TPSA) is 78.0 Å². The highest BCUT2D eigenvalue weighted by Crippen LogP contribution is 2.59. The molecule has 5 aliphatic rings. The molecule has 2 aromatic heterocycles. The van der Waals surface area contributed by atoms with Crippen molar-refractivity contribution in [3.05, 3.63) is 41.2 Å². The average molecular weight is 473 g/mol. The Morgan fingerprint density at radius 2 is 1.76 bits per heavy atom. The fourth-order valence-corrected chi connectivity index (χ4v) is 6.15. The molecule has 1 N–H and O–H groups in total. The number of carbonyl (C=O) groups is 1. The number of aromatic nitrogens is 4. The molecular weight excluding hydrogens is 445 g/mol. The van der Waals surface area contributed by atoms with E-state index in [9.17, 15) is 18.0 Å². The highest BCUT2D eigenvalue weighted by Gasteiger charge is 2.64. The molecule has 0 unspecified atom stereocenters. The van der Waals surface area contributed by atoms with E-state index in [-0.39, 0.29) is 35.8 Å². The third-order valence-corrected chi connectivity index (χ3v) is 8.73. The minimum atomic E-state index is -4.22. The summed E-state index contributed by atoms with van der Waals surface area (Å²) in [5, 5.41) is 7.50. The zero-order chi connectivity index (χ0) is 23.3. The Balaban J connectivity index is 0.893. The lowest BCUT2D eigenvalue weighted by Crippen LogP contribution is -2.67. The largest absolute Gasteiger partial charge is 0.398 e. The number of aromatic amines is 1. The highest BCUT2D eigenvalue weighted by atomic mass is 19.4. The van der Waals surface area contributed by atoms with Crippen molar-refractivity contribution in [2.24, 2.45) is 5.41 Å². The number of alkyl halides is 3. The van der Waals surface area contributed by atoms with E-state index in [0.29, 0.717) is 24.9 Å². The Labute approximate surface area is 195 Å². The number of likely N-dealkylation sites (tertiary alicyclic amines) is 2. The van der Waals surface area contributed by atoms with Crippen molar-refractivity contribution < 1.29 is 18.0 Å². The lowest BCUT2D eigenvalue weighted by atomic mass is 9.57. The van der Waals surface area contributed by atoms with Crippen LogP contribution in [0.25, 0.3) is 0 Å². The van der Waals surface area contributed by atoms with Gasteiger partial charge in [-0.2, -0.15) is 18.3 Å². The summed E-state index contributed by atoms with van der Waals surface area (Å²) in [6.07, 6.45) is 1.93. The Hall–Kier alpha value is -2.65. The summed E-state index contributed by atoms with van der Waals surface area (Å²) in [6.45, 7) is 2.72. The number of hydrogen-bond donors (Lipinski definition) is 1. The van der Waals surface area contributed by atoms with Gasteiger partial charge in [0, 0.05) is 61.2 Å². The molecule has 2 aliphatic heterocycles. The number of pyridine rings is 1. The molecule has 0 atom stereocenters. The minimum Gasteiger partial charge on any atom is -0.323 e. The van der Waals surface area contributed by atoms with Gasteiger partial charge in [-0.1, -0.05) is 6.07 Å². The molecule has 2 saturated heterocycles. The van der Waals surface area contributed by atoms with Gasteiger partial charge in [-0.15, -0.1) is 0 Å². The maximum Gasteiger partial charge on any atom is 0.398 e. The molecule has 10 heteroatoms. The zero-order valence-corrected chi connectivity index (χ0v) is 18.8. The summed E-state index contributed by atoms with van der Waals surface area (Å²) < 4.78 is 39.9. The third-order valence-electron chi connectivity index (χ3n) is 8.73.